The number of urea groups is 1. The third-order valence-electron chi connectivity index (χ3n) is 4.80. The Hall–Kier alpha value is -3.77. The molecule has 0 saturated heterocycles. The van der Waals surface area contributed by atoms with Crippen LogP contribution in [0.5, 0.6) is 0 Å². The minimum Gasteiger partial charge on any atom is -0.388 e. The van der Waals surface area contributed by atoms with Gasteiger partial charge < -0.3 is 10.6 Å². The average molecular weight is 488 g/mol. The van der Waals surface area contributed by atoms with E-state index in [1.54, 1.807) is 24.0 Å². The number of carbonyl (C=O) groups excluding carboxylic acids is 1. The number of nitrogens with zero attached hydrogens (tertiary/aromatic N) is 2. The summed E-state index contributed by atoms with van der Waals surface area (Å²) in [6.07, 6.45) is 2.97. The summed E-state index contributed by atoms with van der Waals surface area (Å²) in [6, 6.07) is 9.48. The van der Waals surface area contributed by atoms with Gasteiger partial charge in [0.2, 0.25) is 0 Å². The maximum atomic E-state index is 13.1. The minimum absolute atomic E-state index is 0.202. The molecule has 2 amide bonds. The molecule has 0 unspecified atom stereocenters. The van der Waals surface area contributed by atoms with E-state index in [0.29, 0.717) is 22.5 Å². The van der Waals surface area contributed by atoms with E-state index >= 15 is 0 Å². The van der Waals surface area contributed by atoms with E-state index < -0.39 is 21.2 Å². The van der Waals surface area contributed by atoms with Crippen LogP contribution in [0.2, 0.25) is 0 Å². The highest BCUT2D eigenvalue weighted by Crippen LogP contribution is 2.21. The molecule has 0 spiro atoms. The second-order valence-electron chi connectivity index (χ2n) is 7.02. The summed E-state index contributed by atoms with van der Waals surface area (Å²) in [6.45, 7) is 1.89. The van der Waals surface area contributed by atoms with Gasteiger partial charge in [-0.1, -0.05) is 11.3 Å². The number of aryl methyl sites for hydroxylation is 1. The molecule has 3 heterocycles. The second kappa shape index (κ2) is 8.64. The molecular formula is C21H18FN5O4S2. The minimum atomic E-state index is -4.20. The lowest BCUT2D eigenvalue weighted by Crippen LogP contribution is -2.34. The first-order valence-electron chi connectivity index (χ1n) is 9.57. The third-order valence-corrected chi connectivity index (χ3v) is 7.49. The normalized spacial score (nSPS) is 11.4. The first-order valence-corrected chi connectivity index (χ1v) is 11.9. The van der Waals surface area contributed by atoms with E-state index in [2.05, 4.69) is 15.6 Å². The van der Waals surface area contributed by atoms with E-state index in [1.165, 1.54) is 22.9 Å². The molecule has 170 valence electrons. The summed E-state index contributed by atoms with van der Waals surface area (Å²) >= 11 is 0.402. The number of hydrogen-bond acceptors (Lipinski definition) is 7. The molecule has 9 nitrogen and oxygen atoms in total. The van der Waals surface area contributed by atoms with Crippen molar-refractivity contribution in [1.82, 2.24) is 14.3 Å². The number of aromatic nitrogens is 2. The zero-order valence-electron chi connectivity index (χ0n) is 17.4. The average Bonchev–Trinajstić information content (AvgIpc) is 3.23. The van der Waals surface area contributed by atoms with Crippen LogP contribution >= 0.6 is 11.3 Å². The van der Waals surface area contributed by atoms with Gasteiger partial charge in [-0.25, -0.2) is 22.9 Å². The van der Waals surface area contributed by atoms with Gasteiger partial charge >= 0.3 is 6.03 Å². The molecule has 33 heavy (non-hydrogen) atoms. The smallest absolute Gasteiger partial charge is 0.333 e. The molecule has 4 rings (SSSR count). The van der Waals surface area contributed by atoms with Crippen molar-refractivity contribution in [3.8, 4) is 5.82 Å². The van der Waals surface area contributed by atoms with Crippen LogP contribution in [0.3, 0.4) is 0 Å². The molecule has 12 heteroatoms. The van der Waals surface area contributed by atoms with Crippen molar-refractivity contribution in [3.63, 3.8) is 0 Å². The molecule has 3 N–H and O–H groups in total. The van der Waals surface area contributed by atoms with Crippen LogP contribution in [-0.4, -0.2) is 31.0 Å². The van der Waals surface area contributed by atoms with Crippen LogP contribution in [0.15, 0.2) is 63.9 Å². The number of sulfonamides is 1. The molecule has 1 aromatic carbocycles. The molecule has 0 bridgehead atoms. The Morgan fingerprint density at radius 1 is 1.09 bits per heavy atom. The van der Waals surface area contributed by atoms with Gasteiger partial charge in [0.1, 0.15) is 10.0 Å². The fraction of sp³-hybridized carbons (Fsp3) is 0.0952. The van der Waals surface area contributed by atoms with Crippen LogP contribution in [0.25, 0.3) is 16.6 Å². The number of thiophene rings is 1. The van der Waals surface area contributed by atoms with Crippen LogP contribution in [0, 0.1) is 12.1 Å². The van der Waals surface area contributed by atoms with Crippen molar-refractivity contribution in [2.45, 2.75) is 11.1 Å². The number of fused-ring (bicyclic) bond motifs is 1. The molecule has 0 radical (unpaired) electrons. The van der Waals surface area contributed by atoms with Crippen LogP contribution < -0.4 is 20.9 Å². The molecule has 0 aliphatic carbocycles. The first kappa shape index (κ1) is 22.4. The highest BCUT2D eigenvalue weighted by Gasteiger charge is 2.20. The number of nitrogens with one attached hydrogen (secondary N) is 3. The molecule has 0 aliphatic heterocycles. The lowest BCUT2D eigenvalue weighted by molar-refractivity contribution is 0.256. The lowest BCUT2D eigenvalue weighted by atomic mass is 10.1. The predicted molar refractivity (Wildman–Crippen MR) is 125 cm³/mol. The van der Waals surface area contributed by atoms with Gasteiger partial charge in [-0.3, -0.25) is 9.36 Å². The van der Waals surface area contributed by atoms with Crippen molar-refractivity contribution in [3.05, 3.63) is 75.9 Å². The topological polar surface area (TPSA) is 122 Å². The number of pyridine rings is 2. The molecule has 0 aliphatic rings. The Morgan fingerprint density at radius 2 is 1.85 bits per heavy atom. The van der Waals surface area contributed by atoms with Gasteiger partial charge in [-0.05, 0) is 60.3 Å². The maximum Gasteiger partial charge on any atom is 0.333 e. The summed E-state index contributed by atoms with van der Waals surface area (Å²) in [5.74, 6) is 0.329. The number of amides is 2. The summed E-state index contributed by atoms with van der Waals surface area (Å²) in [5, 5.41) is 6.07. The van der Waals surface area contributed by atoms with E-state index in [0.717, 1.165) is 28.8 Å². The molecular weight excluding hydrogens is 469 g/mol. The highest BCUT2D eigenvalue weighted by molar-refractivity contribution is 7.92. The third kappa shape index (κ3) is 4.56. The van der Waals surface area contributed by atoms with Crippen LogP contribution in [-0.2, 0) is 10.0 Å². The Labute approximate surface area is 192 Å². The van der Waals surface area contributed by atoms with Gasteiger partial charge in [0.15, 0.2) is 5.13 Å². The maximum absolute atomic E-state index is 13.1. The van der Waals surface area contributed by atoms with E-state index in [9.17, 15) is 22.4 Å². The molecule has 0 atom stereocenters. The van der Waals surface area contributed by atoms with E-state index in [4.69, 9.17) is 0 Å². The molecule has 0 saturated carbocycles. The van der Waals surface area contributed by atoms with Crippen molar-refractivity contribution in [2.24, 2.45) is 0 Å². The molecule has 3 aromatic heterocycles. The van der Waals surface area contributed by atoms with Gasteiger partial charge in [0.05, 0.1) is 11.9 Å². The first-order chi connectivity index (χ1) is 15.7. The number of hydrogen-bond donors (Lipinski definition) is 3. The highest BCUT2D eigenvalue weighted by atomic mass is 32.2. The molecule has 4 aromatic rings. The quantitative estimate of drug-likeness (QED) is 0.396. The largest absolute Gasteiger partial charge is 0.388 e. The predicted octanol–water partition coefficient (Wildman–Crippen LogP) is 3.45. The monoisotopic (exact) mass is 487 g/mol. The van der Waals surface area contributed by atoms with E-state index in [1.807, 2.05) is 19.1 Å². The van der Waals surface area contributed by atoms with Crippen molar-refractivity contribution in [2.75, 3.05) is 17.7 Å². The Balaban J connectivity index is 1.55. The number of anilines is 2. The van der Waals surface area contributed by atoms with E-state index in [-0.39, 0.29) is 15.5 Å². The summed E-state index contributed by atoms with van der Waals surface area (Å²) in [5.41, 5.74) is 1.72. The van der Waals surface area contributed by atoms with Gasteiger partial charge in [0.25, 0.3) is 15.6 Å². The Morgan fingerprint density at radius 3 is 2.48 bits per heavy atom. The van der Waals surface area contributed by atoms with Crippen molar-refractivity contribution >= 4 is 49.5 Å². The lowest BCUT2D eigenvalue weighted by Gasteiger charge is -2.12. The summed E-state index contributed by atoms with van der Waals surface area (Å²) < 4.78 is 40.2. The summed E-state index contributed by atoms with van der Waals surface area (Å²) in [7, 11) is -2.40. The number of rotatable bonds is 5. The molecule has 0 fully saturated rings. The fourth-order valence-electron chi connectivity index (χ4n) is 3.21. The Kier molecular flexibility index (Phi) is 5.87. The van der Waals surface area contributed by atoms with Gasteiger partial charge in [-0.15, -0.1) is 0 Å². The number of benzene rings is 1. The SMILES string of the molecule is CNc1ccc2c(=O)n(-c3ccc(NC(=O)NS(=O)(=O)c4ccc(F)s4)cn3)cc(C)c2c1. The fourth-order valence-corrected chi connectivity index (χ4v) is 5.12. The van der Waals surface area contributed by atoms with Gasteiger partial charge in [-0.2, -0.15) is 4.39 Å². The summed E-state index contributed by atoms with van der Waals surface area (Å²) in [4.78, 5) is 29.3. The second-order valence-corrected chi connectivity index (χ2v) is 9.96. The standard InChI is InChI=1S/C21H18FN5O4S2/c1-12-11-27(20(28)15-5-3-13(23-2)9-16(12)15)18-7-4-14(10-24-18)25-21(29)26-33(30,31)19-8-6-17(22)32-19/h3-11,23H,1-2H3,(H2,25,26,29). The number of halogens is 1. The number of carbonyl (C=O) groups is 1. The zero-order chi connectivity index (χ0) is 23.8. The van der Waals surface area contributed by atoms with Crippen molar-refractivity contribution in [1.29, 1.82) is 0 Å². The van der Waals surface area contributed by atoms with Gasteiger partial charge in [0, 0.05) is 24.3 Å². The van der Waals surface area contributed by atoms with Crippen LogP contribution in [0.4, 0.5) is 20.6 Å². The van der Waals surface area contributed by atoms with Crippen molar-refractivity contribution < 1.29 is 17.6 Å². The Bertz CT molecular complexity index is 1530. The zero-order valence-corrected chi connectivity index (χ0v) is 19.1. The van der Waals surface area contributed by atoms with Crippen LogP contribution in [0.1, 0.15) is 5.56 Å².